The van der Waals surface area contributed by atoms with Gasteiger partial charge in [-0.1, -0.05) is 70.7 Å². The van der Waals surface area contributed by atoms with Gasteiger partial charge >= 0.3 is 0 Å². The Labute approximate surface area is 230 Å². The van der Waals surface area contributed by atoms with E-state index in [0.29, 0.717) is 32.1 Å². The minimum absolute atomic E-state index is 0.0865. The molecule has 4 aromatic carbocycles. The second-order valence-corrected chi connectivity index (χ2v) is 9.91. The highest BCUT2D eigenvalue weighted by Gasteiger charge is 2.34. The van der Waals surface area contributed by atoms with Crippen molar-refractivity contribution < 1.29 is 14.3 Å². The molecule has 0 saturated heterocycles. The lowest BCUT2D eigenvalue weighted by Gasteiger charge is -2.38. The van der Waals surface area contributed by atoms with Crippen molar-refractivity contribution in [1.29, 1.82) is 0 Å². The van der Waals surface area contributed by atoms with E-state index in [2.05, 4.69) is 5.32 Å². The Kier molecular flexibility index (Phi) is 7.20. The van der Waals surface area contributed by atoms with Gasteiger partial charge in [-0.25, -0.2) is 0 Å². The number of hydrogen-bond acceptors (Lipinski definition) is 4. The molecule has 1 aliphatic heterocycles. The normalized spacial score (nSPS) is 14.7. The van der Waals surface area contributed by atoms with Gasteiger partial charge in [0.15, 0.2) is 5.75 Å². The van der Waals surface area contributed by atoms with Crippen LogP contribution in [0.1, 0.15) is 33.2 Å². The molecular formula is C29H23Cl3N2O3. The molecule has 5 rings (SSSR count). The number of hydrogen-bond donors (Lipinski definition) is 1. The van der Waals surface area contributed by atoms with E-state index >= 15 is 0 Å². The zero-order valence-corrected chi connectivity index (χ0v) is 22.4. The number of carbonyl (C=O) groups excluding carboxylic acids is 1. The molecule has 1 N–H and O–H groups in total. The van der Waals surface area contributed by atoms with E-state index in [-0.39, 0.29) is 12.5 Å². The van der Waals surface area contributed by atoms with Crippen molar-refractivity contribution in [3.8, 4) is 11.5 Å². The summed E-state index contributed by atoms with van der Waals surface area (Å²) in [5.74, 6) is 0.882. The van der Waals surface area contributed by atoms with Crippen molar-refractivity contribution in [1.82, 2.24) is 0 Å². The van der Waals surface area contributed by atoms with Crippen LogP contribution in [0.4, 0.5) is 11.4 Å². The van der Waals surface area contributed by atoms with Gasteiger partial charge in [-0.05, 0) is 61.0 Å². The van der Waals surface area contributed by atoms with Crippen LogP contribution in [-0.4, -0.2) is 13.0 Å². The number of methoxy groups -OCH3 is 1. The lowest BCUT2D eigenvalue weighted by molar-refractivity contribution is 0.0975. The number of nitrogens with one attached hydrogen (secondary N) is 1. The maximum absolute atomic E-state index is 13.7. The third-order valence-corrected chi connectivity index (χ3v) is 6.97. The molecule has 0 bridgehead atoms. The number of amides is 1. The number of aryl methyl sites for hydroxylation is 1. The number of para-hydroxylation sites is 1. The highest BCUT2D eigenvalue weighted by molar-refractivity contribution is 6.40. The summed E-state index contributed by atoms with van der Waals surface area (Å²) in [4.78, 5) is 15.5. The SMILES string of the molecule is COc1ccc(C2Nc3ccccc3C(=O)N2c2ccc(C)cc2)cc1COc1c(Cl)cc(Cl)cc1Cl. The summed E-state index contributed by atoms with van der Waals surface area (Å²) in [5, 5.41) is 4.59. The minimum atomic E-state index is -0.461. The Morgan fingerprint density at radius 2 is 1.62 bits per heavy atom. The second-order valence-electron chi connectivity index (χ2n) is 8.66. The van der Waals surface area contributed by atoms with E-state index in [1.807, 2.05) is 73.7 Å². The number of rotatable bonds is 6. The zero-order valence-electron chi connectivity index (χ0n) is 20.1. The number of anilines is 2. The third kappa shape index (κ3) is 5.08. The van der Waals surface area contributed by atoms with Gasteiger partial charge in [-0.15, -0.1) is 0 Å². The van der Waals surface area contributed by atoms with Crippen LogP contribution < -0.4 is 19.7 Å². The van der Waals surface area contributed by atoms with E-state index in [0.717, 1.165) is 28.1 Å². The zero-order chi connectivity index (χ0) is 26.1. The molecule has 0 aliphatic carbocycles. The Hall–Kier alpha value is -3.38. The summed E-state index contributed by atoms with van der Waals surface area (Å²) >= 11 is 18.7. The molecule has 0 saturated carbocycles. The topological polar surface area (TPSA) is 50.8 Å². The molecule has 37 heavy (non-hydrogen) atoms. The van der Waals surface area contributed by atoms with E-state index in [4.69, 9.17) is 44.3 Å². The molecular weight excluding hydrogens is 531 g/mol. The molecule has 0 radical (unpaired) electrons. The average Bonchev–Trinajstić information content (AvgIpc) is 2.88. The molecule has 0 spiro atoms. The molecule has 1 aliphatic rings. The number of nitrogens with zero attached hydrogens (tertiary/aromatic N) is 1. The van der Waals surface area contributed by atoms with Gasteiger partial charge < -0.3 is 14.8 Å². The molecule has 0 fully saturated rings. The largest absolute Gasteiger partial charge is 0.496 e. The number of ether oxygens (including phenoxy) is 2. The van der Waals surface area contributed by atoms with Crippen LogP contribution in [-0.2, 0) is 6.61 Å². The van der Waals surface area contributed by atoms with Crippen LogP contribution in [0.2, 0.25) is 15.1 Å². The van der Waals surface area contributed by atoms with E-state index in [1.54, 1.807) is 24.1 Å². The van der Waals surface area contributed by atoms with Gasteiger partial charge in [0.2, 0.25) is 0 Å². The van der Waals surface area contributed by atoms with Crippen molar-refractivity contribution >= 4 is 52.1 Å². The Morgan fingerprint density at radius 3 is 2.32 bits per heavy atom. The second kappa shape index (κ2) is 10.5. The first kappa shape index (κ1) is 25.3. The van der Waals surface area contributed by atoms with Gasteiger partial charge in [0.25, 0.3) is 5.91 Å². The lowest BCUT2D eigenvalue weighted by Crippen LogP contribution is -2.43. The summed E-state index contributed by atoms with van der Waals surface area (Å²) in [6.07, 6.45) is -0.461. The molecule has 5 nitrogen and oxygen atoms in total. The Morgan fingerprint density at radius 1 is 0.919 bits per heavy atom. The molecule has 1 heterocycles. The first-order valence-electron chi connectivity index (χ1n) is 11.6. The molecule has 0 aromatic heterocycles. The quantitative estimate of drug-likeness (QED) is 0.261. The first-order valence-corrected chi connectivity index (χ1v) is 12.7. The third-order valence-electron chi connectivity index (χ3n) is 6.19. The van der Waals surface area contributed by atoms with Gasteiger partial charge in [0, 0.05) is 22.0 Å². The fourth-order valence-electron chi connectivity index (χ4n) is 4.36. The highest BCUT2D eigenvalue weighted by Crippen LogP contribution is 2.39. The van der Waals surface area contributed by atoms with Crippen molar-refractivity contribution in [3.05, 3.63) is 116 Å². The molecule has 188 valence electrons. The molecule has 1 amide bonds. The minimum Gasteiger partial charge on any atom is -0.496 e. The number of halogens is 3. The molecule has 1 unspecified atom stereocenters. The summed E-state index contributed by atoms with van der Waals surface area (Å²) < 4.78 is 11.6. The van der Waals surface area contributed by atoms with Crippen LogP contribution in [0.15, 0.2) is 78.9 Å². The van der Waals surface area contributed by atoms with E-state index in [9.17, 15) is 4.79 Å². The smallest absolute Gasteiger partial charge is 0.262 e. The maximum atomic E-state index is 13.7. The summed E-state index contributed by atoms with van der Waals surface area (Å²) in [7, 11) is 1.60. The van der Waals surface area contributed by atoms with Crippen molar-refractivity contribution in [3.63, 3.8) is 0 Å². The van der Waals surface area contributed by atoms with Crippen LogP contribution in [0.25, 0.3) is 0 Å². The van der Waals surface area contributed by atoms with E-state index in [1.165, 1.54) is 0 Å². The molecule has 4 aromatic rings. The van der Waals surface area contributed by atoms with E-state index < -0.39 is 6.17 Å². The predicted molar refractivity (Wildman–Crippen MR) is 150 cm³/mol. The Bertz CT molecular complexity index is 1450. The van der Waals surface area contributed by atoms with Gasteiger partial charge in [-0.3, -0.25) is 9.69 Å². The van der Waals surface area contributed by atoms with Crippen molar-refractivity contribution in [2.24, 2.45) is 0 Å². The first-order chi connectivity index (χ1) is 17.9. The van der Waals surface area contributed by atoms with Crippen LogP contribution in [0.5, 0.6) is 11.5 Å². The fourth-order valence-corrected chi connectivity index (χ4v) is 5.28. The van der Waals surface area contributed by atoms with Gasteiger partial charge in [0.1, 0.15) is 18.5 Å². The number of carbonyl (C=O) groups is 1. The van der Waals surface area contributed by atoms with Crippen LogP contribution >= 0.6 is 34.8 Å². The predicted octanol–water partition coefficient (Wildman–Crippen LogP) is 8.31. The van der Waals surface area contributed by atoms with Crippen LogP contribution in [0, 0.1) is 6.92 Å². The average molecular weight is 554 g/mol. The van der Waals surface area contributed by atoms with Crippen molar-refractivity contribution in [2.75, 3.05) is 17.3 Å². The summed E-state index contributed by atoms with van der Waals surface area (Å²) in [6, 6.07) is 24.3. The number of fused-ring (bicyclic) bond motifs is 1. The number of benzene rings is 4. The molecule has 1 atom stereocenters. The highest BCUT2D eigenvalue weighted by atomic mass is 35.5. The van der Waals surface area contributed by atoms with Crippen LogP contribution in [0.3, 0.4) is 0 Å². The molecule has 8 heteroatoms. The monoisotopic (exact) mass is 552 g/mol. The Balaban J connectivity index is 1.54. The van der Waals surface area contributed by atoms with Gasteiger partial charge in [0.05, 0.1) is 22.7 Å². The van der Waals surface area contributed by atoms with Gasteiger partial charge in [-0.2, -0.15) is 0 Å². The standard InChI is InChI=1S/C29H23Cl3N2O3/c1-17-7-10-21(11-8-17)34-28(33-25-6-4-3-5-22(25)29(34)35)18-9-12-26(36-2)19(13-18)16-37-27-23(31)14-20(30)15-24(27)32/h3-15,28,33H,16H2,1-2H3. The fraction of sp³-hybridized carbons (Fsp3) is 0.138. The lowest BCUT2D eigenvalue weighted by atomic mass is 10.0. The maximum Gasteiger partial charge on any atom is 0.262 e. The van der Waals surface area contributed by atoms with Crippen molar-refractivity contribution in [2.45, 2.75) is 19.7 Å². The summed E-state index contributed by atoms with van der Waals surface area (Å²) in [5.41, 5.74) is 4.91. The summed E-state index contributed by atoms with van der Waals surface area (Å²) in [6.45, 7) is 2.15.